The van der Waals surface area contributed by atoms with Gasteiger partial charge in [0.25, 0.3) is 0 Å². The van der Waals surface area contributed by atoms with E-state index < -0.39 is 0 Å². The summed E-state index contributed by atoms with van der Waals surface area (Å²) in [7, 11) is 0. The quantitative estimate of drug-likeness (QED) is 0.813. The Morgan fingerprint density at radius 1 is 1.38 bits per heavy atom. The van der Waals surface area contributed by atoms with Gasteiger partial charge in [0.05, 0.1) is 17.0 Å². The van der Waals surface area contributed by atoms with E-state index in [1.54, 1.807) is 12.4 Å². The summed E-state index contributed by atoms with van der Waals surface area (Å²) in [6, 6.07) is 5.50. The number of hydrogen-bond donors (Lipinski definition) is 1. The van der Waals surface area contributed by atoms with Crippen molar-refractivity contribution >= 4 is 17.3 Å². The van der Waals surface area contributed by atoms with Crippen LogP contribution in [0.2, 0.25) is 5.02 Å². The smallest absolute Gasteiger partial charge is 0.0994 e. The van der Waals surface area contributed by atoms with E-state index in [0.29, 0.717) is 16.6 Å². The number of nitrogen functional groups attached to an aromatic ring is 1. The summed E-state index contributed by atoms with van der Waals surface area (Å²) in [4.78, 5) is 4.16. The van der Waals surface area contributed by atoms with E-state index in [1.807, 2.05) is 22.9 Å². The Hall–Kier alpha value is -1.48. The molecule has 0 aliphatic carbocycles. The Kier molecular flexibility index (Phi) is 2.88. The lowest BCUT2D eigenvalue weighted by Crippen LogP contribution is -2.01. The Bertz CT molecular complexity index is 503. The summed E-state index contributed by atoms with van der Waals surface area (Å²) >= 11 is 6.17. The lowest BCUT2D eigenvalue weighted by molar-refractivity contribution is 0.787. The number of halogens is 1. The Balaban J connectivity index is 2.54. The van der Waals surface area contributed by atoms with Crippen molar-refractivity contribution in [1.29, 1.82) is 0 Å². The summed E-state index contributed by atoms with van der Waals surface area (Å²) < 4.78 is 1.99. The summed E-state index contributed by atoms with van der Waals surface area (Å²) in [5.74, 6) is 0.399. The van der Waals surface area contributed by atoms with Crippen molar-refractivity contribution in [3.05, 3.63) is 41.4 Å². The average molecular weight is 236 g/mol. The van der Waals surface area contributed by atoms with Crippen LogP contribution < -0.4 is 5.73 Å². The van der Waals surface area contributed by atoms with Gasteiger partial charge in [-0.1, -0.05) is 25.4 Å². The monoisotopic (exact) mass is 235 g/mol. The average Bonchev–Trinajstić information content (AvgIpc) is 2.66. The third-order valence-corrected chi connectivity index (χ3v) is 2.79. The van der Waals surface area contributed by atoms with Crippen LogP contribution in [0.15, 0.2) is 30.7 Å². The highest BCUT2D eigenvalue weighted by molar-refractivity contribution is 6.32. The van der Waals surface area contributed by atoms with E-state index in [9.17, 15) is 0 Å². The predicted octanol–water partition coefficient (Wildman–Crippen LogP) is 3.23. The van der Waals surface area contributed by atoms with Crippen LogP contribution in [0.3, 0.4) is 0 Å². The minimum atomic E-state index is 0.399. The number of nitrogens with two attached hydrogens (primary N) is 1. The largest absolute Gasteiger partial charge is 0.399 e. The molecule has 0 spiro atoms. The number of rotatable bonds is 2. The fourth-order valence-electron chi connectivity index (χ4n) is 1.65. The van der Waals surface area contributed by atoms with Crippen LogP contribution >= 0.6 is 11.6 Å². The zero-order chi connectivity index (χ0) is 11.7. The third kappa shape index (κ3) is 1.91. The maximum absolute atomic E-state index is 6.17. The molecule has 0 unspecified atom stereocenters. The minimum Gasteiger partial charge on any atom is -0.399 e. The number of anilines is 1. The molecule has 0 radical (unpaired) electrons. The molecule has 2 aromatic rings. The first-order valence-corrected chi connectivity index (χ1v) is 5.55. The van der Waals surface area contributed by atoms with E-state index in [2.05, 4.69) is 18.8 Å². The molecule has 0 amide bonds. The van der Waals surface area contributed by atoms with Crippen LogP contribution in [-0.2, 0) is 0 Å². The standard InChI is InChI=1S/C12H14ClN3/c1-8(2)12-6-15-7-16(12)11-4-3-9(14)5-10(11)13/h3-8H,14H2,1-2H3. The van der Waals surface area contributed by atoms with Gasteiger partial charge in [-0.2, -0.15) is 0 Å². The SMILES string of the molecule is CC(C)c1cncn1-c1ccc(N)cc1Cl. The zero-order valence-corrected chi connectivity index (χ0v) is 10.1. The molecular formula is C12H14ClN3. The Morgan fingerprint density at radius 2 is 2.12 bits per heavy atom. The van der Waals surface area contributed by atoms with Gasteiger partial charge in [0.15, 0.2) is 0 Å². The number of aromatic nitrogens is 2. The minimum absolute atomic E-state index is 0.399. The highest BCUT2D eigenvalue weighted by Gasteiger charge is 2.10. The molecule has 0 aliphatic rings. The van der Waals surface area contributed by atoms with Crippen molar-refractivity contribution in [3.63, 3.8) is 0 Å². The molecule has 0 bridgehead atoms. The van der Waals surface area contributed by atoms with E-state index in [-0.39, 0.29) is 0 Å². The van der Waals surface area contributed by atoms with Crippen molar-refractivity contribution in [3.8, 4) is 5.69 Å². The van der Waals surface area contributed by atoms with Gasteiger partial charge in [-0.05, 0) is 24.1 Å². The van der Waals surface area contributed by atoms with Crippen LogP contribution in [0.1, 0.15) is 25.5 Å². The van der Waals surface area contributed by atoms with Crippen molar-refractivity contribution < 1.29 is 0 Å². The molecule has 3 nitrogen and oxygen atoms in total. The van der Waals surface area contributed by atoms with E-state index >= 15 is 0 Å². The molecule has 0 saturated heterocycles. The van der Waals surface area contributed by atoms with E-state index in [4.69, 9.17) is 17.3 Å². The van der Waals surface area contributed by atoms with Crippen LogP contribution in [0.4, 0.5) is 5.69 Å². The molecule has 4 heteroatoms. The lowest BCUT2D eigenvalue weighted by Gasteiger charge is -2.12. The van der Waals surface area contributed by atoms with Gasteiger partial charge in [0.2, 0.25) is 0 Å². The first-order chi connectivity index (χ1) is 7.59. The Labute approximate surface area is 99.9 Å². The first-order valence-electron chi connectivity index (χ1n) is 5.17. The van der Waals surface area contributed by atoms with E-state index in [1.165, 1.54) is 0 Å². The molecule has 1 heterocycles. The van der Waals surface area contributed by atoms with E-state index in [0.717, 1.165) is 11.4 Å². The molecule has 16 heavy (non-hydrogen) atoms. The molecule has 84 valence electrons. The van der Waals surface area contributed by atoms with Crippen molar-refractivity contribution in [2.45, 2.75) is 19.8 Å². The second kappa shape index (κ2) is 4.18. The first kappa shape index (κ1) is 11.0. The summed E-state index contributed by atoms with van der Waals surface area (Å²) in [5, 5.41) is 0.639. The maximum Gasteiger partial charge on any atom is 0.0994 e. The van der Waals surface area contributed by atoms with Gasteiger partial charge >= 0.3 is 0 Å². The second-order valence-electron chi connectivity index (χ2n) is 4.05. The normalized spacial score (nSPS) is 11.0. The van der Waals surface area contributed by atoms with Crippen LogP contribution in [-0.4, -0.2) is 9.55 Å². The van der Waals surface area contributed by atoms with Gasteiger partial charge in [0.1, 0.15) is 0 Å². The number of hydrogen-bond acceptors (Lipinski definition) is 2. The Morgan fingerprint density at radius 3 is 2.75 bits per heavy atom. The van der Waals surface area contributed by atoms with Crippen LogP contribution in [0.25, 0.3) is 5.69 Å². The van der Waals surface area contributed by atoms with Crippen molar-refractivity contribution in [2.24, 2.45) is 0 Å². The van der Waals surface area contributed by atoms with Crippen LogP contribution in [0.5, 0.6) is 0 Å². The second-order valence-corrected chi connectivity index (χ2v) is 4.46. The number of nitrogens with zero attached hydrogens (tertiary/aromatic N) is 2. The van der Waals surface area contributed by atoms with Crippen molar-refractivity contribution in [2.75, 3.05) is 5.73 Å². The van der Waals surface area contributed by atoms with Gasteiger partial charge in [0, 0.05) is 17.6 Å². The molecular weight excluding hydrogens is 222 g/mol. The van der Waals surface area contributed by atoms with Gasteiger partial charge in [-0.25, -0.2) is 4.98 Å². The molecule has 0 atom stereocenters. The molecule has 0 aliphatic heterocycles. The molecule has 0 saturated carbocycles. The maximum atomic E-state index is 6.17. The van der Waals surface area contributed by atoms with Gasteiger partial charge < -0.3 is 10.3 Å². The molecule has 1 aromatic carbocycles. The molecule has 0 fully saturated rings. The number of imidazole rings is 1. The molecule has 2 rings (SSSR count). The highest BCUT2D eigenvalue weighted by Crippen LogP contribution is 2.26. The van der Waals surface area contributed by atoms with Crippen LogP contribution in [0, 0.1) is 0 Å². The fourth-order valence-corrected chi connectivity index (χ4v) is 1.93. The highest BCUT2D eigenvalue weighted by atomic mass is 35.5. The molecule has 2 N–H and O–H groups in total. The van der Waals surface area contributed by atoms with Crippen molar-refractivity contribution in [1.82, 2.24) is 9.55 Å². The third-order valence-electron chi connectivity index (χ3n) is 2.49. The topological polar surface area (TPSA) is 43.8 Å². The lowest BCUT2D eigenvalue weighted by atomic mass is 10.1. The summed E-state index contributed by atoms with van der Waals surface area (Å²) in [5.41, 5.74) is 8.38. The fraction of sp³-hybridized carbons (Fsp3) is 0.250. The number of benzene rings is 1. The molecule has 1 aromatic heterocycles. The summed E-state index contributed by atoms with van der Waals surface area (Å²) in [6.45, 7) is 4.25. The zero-order valence-electron chi connectivity index (χ0n) is 9.31. The predicted molar refractivity (Wildman–Crippen MR) is 67.1 cm³/mol. The van der Waals surface area contributed by atoms with Gasteiger partial charge in [-0.15, -0.1) is 0 Å². The van der Waals surface area contributed by atoms with Gasteiger partial charge in [-0.3, -0.25) is 0 Å². The summed E-state index contributed by atoms with van der Waals surface area (Å²) in [6.07, 6.45) is 3.63.